The third-order valence-corrected chi connectivity index (χ3v) is 3.48. The van der Waals surface area contributed by atoms with E-state index in [1.807, 2.05) is 6.92 Å². The van der Waals surface area contributed by atoms with E-state index in [2.05, 4.69) is 9.97 Å². The number of H-pyrrole nitrogens is 1. The molecule has 1 aromatic heterocycles. The summed E-state index contributed by atoms with van der Waals surface area (Å²) < 4.78 is 13.4. The molecule has 0 aliphatic heterocycles. The molecule has 0 fully saturated rings. The highest BCUT2D eigenvalue weighted by molar-refractivity contribution is 5.81. The number of nitrogens with zero attached hydrogens (tertiary/aromatic N) is 2. The van der Waals surface area contributed by atoms with Crippen molar-refractivity contribution in [2.75, 3.05) is 7.05 Å². The zero-order chi connectivity index (χ0) is 17.0. The maximum Gasteiger partial charge on any atom is 0.251 e. The number of nitrogens with one attached hydrogen (secondary N) is 1. The molecule has 1 aromatic carbocycles. The number of carbonyl (C=O) groups excluding carboxylic acids is 1. The second-order valence-electron chi connectivity index (χ2n) is 5.31. The topological polar surface area (TPSA) is 92.1 Å². The molecule has 1 heterocycles. The van der Waals surface area contributed by atoms with Gasteiger partial charge in [-0.15, -0.1) is 0 Å². The lowest BCUT2D eigenvalue weighted by Gasteiger charge is -2.25. The van der Waals surface area contributed by atoms with Crippen LogP contribution >= 0.6 is 0 Å². The molecule has 6 nitrogen and oxygen atoms in total. The number of benzene rings is 1. The van der Waals surface area contributed by atoms with Crippen LogP contribution in [0.2, 0.25) is 0 Å². The summed E-state index contributed by atoms with van der Waals surface area (Å²) in [5.74, 6) is -0.617. The zero-order valence-electron chi connectivity index (χ0n) is 13.0. The van der Waals surface area contributed by atoms with Gasteiger partial charge in [-0.05, 0) is 31.2 Å². The van der Waals surface area contributed by atoms with Crippen LogP contribution in [0.25, 0.3) is 0 Å². The fourth-order valence-electron chi connectivity index (χ4n) is 2.46. The molecule has 0 saturated carbocycles. The number of primary amides is 1. The third kappa shape index (κ3) is 4.23. The molecule has 0 aliphatic rings. The van der Waals surface area contributed by atoms with Crippen LogP contribution in [0.4, 0.5) is 4.39 Å². The van der Waals surface area contributed by atoms with Crippen LogP contribution in [-0.4, -0.2) is 27.8 Å². The van der Waals surface area contributed by atoms with Gasteiger partial charge in [-0.2, -0.15) is 0 Å². The highest BCUT2D eigenvalue weighted by Gasteiger charge is 2.24. The minimum atomic E-state index is -0.818. The smallest absolute Gasteiger partial charge is 0.251 e. The Morgan fingerprint density at radius 2 is 2.17 bits per heavy atom. The average Bonchev–Trinajstić information content (AvgIpc) is 2.46. The Balaban J connectivity index is 2.29. The number of likely N-dealkylation sites (N-methyl/N-ethyl adjacent to an activating group) is 1. The van der Waals surface area contributed by atoms with Crippen LogP contribution in [0.1, 0.15) is 30.0 Å². The Morgan fingerprint density at radius 1 is 1.43 bits per heavy atom. The van der Waals surface area contributed by atoms with Gasteiger partial charge in [0.2, 0.25) is 5.91 Å². The second kappa shape index (κ2) is 7.15. The molecular weight excluding hydrogens is 299 g/mol. The number of aromatic amines is 1. The fourth-order valence-corrected chi connectivity index (χ4v) is 2.46. The Hall–Kier alpha value is -2.54. The number of hydrogen-bond donors (Lipinski definition) is 2. The molecule has 0 bridgehead atoms. The van der Waals surface area contributed by atoms with Gasteiger partial charge in [0.15, 0.2) is 0 Å². The molecule has 0 radical (unpaired) electrons. The molecule has 122 valence electrons. The predicted molar refractivity (Wildman–Crippen MR) is 84.0 cm³/mol. The van der Waals surface area contributed by atoms with E-state index in [1.165, 1.54) is 24.3 Å². The molecule has 0 unspecified atom stereocenters. The first kappa shape index (κ1) is 16.8. The number of aromatic nitrogens is 2. The summed E-state index contributed by atoms with van der Waals surface area (Å²) >= 11 is 0. The molecular formula is C16H19FN4O2. The van der Waals surface area contributed by atoms with Gasteiger partial charge in [0.25, 0.3) is 5.56 Å². The van der Waals surface area contributed by atoms with Crippen molar-refractivity contribution in [1.82, 2.24) is 14.9 Å². The lowest BCUT2D eigenvalue weighted by molar-refractivity contribution is -0.123. The summed E-state index contributed by atoms with van der Waals surface area (Å²) in [7, 11) is 1.67. The summed E-state index contributed by atoms with van der Waals surface area (Å²) in [5, 5.41) is 0. The number of nitrogens with two attached hydrogens (primary N) is 1. The maximum atomic E-state index is 13.4. The second-order valence-corrected chi connectivity index (χ2v) is 5.31. The SMILES string of the molecule is CCc1cc(=O)[nH]c(CN(C)[C@H](C(N)=O)c2cccc(F)c2)n1. The first-order valence-corrected chi connectivity index (χ1v) is 7.25. The van der Waals surface area contributed by atoms with Gasteiger partial charge in [-0.1, -0.05) is 19.1 Å². The van der Waals surface area contributed by atoms with Crippen LogP contribution in [0.3, 0.4) is 0 Å². The molecule has 2 aromatic rings. The van der Waals surface area contributed by atoms with E-state index in [-0.39, 0.29) is 12.1 Å². The minimum absolute atomic E-state index is 0.202. The zero-order valence-corrected chi connectivity index (χ0v) is 13.0. The summed E-state index contributed by atoms with van der Waals surface area (Å²) in [6.07, 6.45) is 0.629. The third-order valence-electron chi connectivity index (χ3n) is 3.48. The normalized spacial score (nSPS) is 12.3. The number of hydrogen-bond acceptors (Lipinski definition) is 4. The first-order chi connectivity index (χ1) is 10.9. The largest absolute Gasteiger partial charge is 0.368 e. The lowest BCUT2D eigenvalue weighted by Crippen LogP contribution is -2.35. The van der Waals surface area contributed by atoms with Crippen molar-refractivity contribution in [3.8, 4) is 0 Å². The standard InChI is InChI=1S/C16H19FN4O2/c1-3-12-8-14(22)20-13(19-12)9-21(2)15(16(18)23)10-5-4-6-11(17)7-10/h4-8,15H,3,9H2,1-2H3,(H2,18,23)(H,19,20,22)/t15-/m0/s1. The molecule has 0 saturated heterocycles. The molecule has 7 heteroatoms. The van der Waals surface area contributed by atoms with Crippen LogP contribution < -0.4 is 11.3 Å². The Morgan fingerprint density at radius 3 is 2.78 bits per heavy atom. The number of aryl methyl sites for hydroxylation is 1. The van der Waals surface area contributed by atoms with Crippen LogP contribution in [0.15, 0.2) is 35.1 Å². The number of carbonyl (C=O) groups is 1. The van der Waals surface area contributed by atoms with E-state index in [9.17, 15) is 14.0 Å². The van der Waals surface area contributed by atoms with Crippen LogP contribution in [0, 0.1) is 5.82 Å². The summed E-state index contributed by atoms with van der Waals surface area (Å²) in [5.41, 5.74) is 6.33. The van der Waals surface area contributed by atoms with Gasteiger partial charge in [-0.25, -0.2) is 9.37 Å². The quantitative estimate of drug-likeness (QED) is 0.835. The molecule has 3 N–H and O–H groups in total. The van der Waals surface area contributed by atoms with Gasteiger partial charge in [-0.3, -0.25) is 14.5 Å². The van der Waals surface area contributed by atoms with Gasteiger partial charge >= 0.3 is 0 Å². The monoisotopic (exact) mass is 318 g/mol. The molecule has 0 aliphatic carbocycles. The maximum absolute atomic E-state index is 13.4. The number of rotatable bonds is 6. The Labute approximate surface area is 133 Å². The van der Waals surface area contributed by atoms with Gasteiger partial charge in [0.05, 0.1) is 6.54 Å². The van der Waals surface area contributed by atoms with Crippen molar-refractivity contribution < 1.29 is 9.18 Å². The summed E-state index contributed by atoms with van der Waals surface area (Å²) in [6, 6.07) is 6.33. The van der Waals surface area contributed by atoms with Gasteiger partial charge < -0.3 is 10.7 Å². The molecule has 2 rings (SSSR count). The van der Waals surface area contributed by atoms with Crippen molar-refractivity contribution in [2.24, 2.45) is 5.73 Å². The van der Waals surface area contributed by atoms with Crippen LogP contribution in [-0.2, 0) is 17.8 Å². The van der Waals surface area contributed by atoms with Crippen molar-refractivity contribution in [3.05, 3.63) is 63.6 Å². The number of amides is 1. The van der Waals surface area contributed by atoms with Crippen LogP contribution in [0.5, 0.6) is 0 Å². The van der Waals surface area contributed by atoms with Gasteiger partial charge in [0.1, 0.15) is 17.7 Å². The van der Waals surface area contributed by atoms with E-state index in [0.717, 1.165) is 0 Å². The van der Waals surface area contributed by atoms with E-state index < -0.39 is 17.8 Å². The summed E-state index contributed by atoms with van der Waals surface area (Å²) in [4.78, 5) is 32.0. The van der Waals surface area contributed by atoms with E-state index >= 15 is 0 Å². The fraction of sp³-hybridized carbons (Fsp3) is 0.312. The Bertz CT molecular complexity index is 760. The van der Waals surface area contributed by atoms with Crippen molar-refractivity contribution in [3.63, 3.8) is 0 Å². The van der Waals surface area contributed by atoms with E-state index in [1.54, 1.807) is 18.0 Å². The molecule has 1 amide bonds. The number of halogens is 1. The van der Waals surface area contributed by atoms with E-state index in [4.69, 9.17) is 5.73 Å². The molecule has 23 heavy (non-hydrogen) atoms. The minimum Gasteiger partial charge on any atom is -0.368 e. The molecule has 1 atom stereocenters. The van der Waals surface area contributed by atoms with E-state index in [0.29, 0.717) is 23.5 Å². The lowest BCUT2D eigenvalue weighted by atomic mass is 10.0. The average molecular weight is 318 g/mol. The van der Waals surface area contributed by atoms with Crippen molar-refractivity contribution in [2.45, 2.75) is 25.9 Å². The Kier molecular flexibility index (Phi) is 5.23. The van der Waals surface area contributed by atoms with Gasteiger partial charge in [0, 0.05) is 11.8 Å². The van der Waals surface area contributed by atoms with Crippen molar-refractivity contribution >= 4 is 5.91 Å². The highest BCUT2D eigenvalue weighted by atomic mass is 19.1. The molecule has 0 spiro atoms. The highest BCUT2D eigenvalue weighted by Crippen LogP contribution is 2.21. The summed E-state index contributed by atoms with van der Waals surface area (Å²) in [6.45, 7) is 2.10. The predicted octanol–water partition coefficient (Wildman–Crippen LogP) is 1.13. The van der Waals surface area contributed by atoms with Crippen molar-refractivity contribution in [1.29, 1.82) is 0 Å². The first-order valence-electron chi connectivity index (χ1n) is 7.25.